The van der Waals surface area contributed by atoms with Crippen molar-refractivity contribution in [2.24, 2.45) is 4.99 Å². The van der Waals surface area contributed by atoms with E-state index in [2.05, 4.69) is 40.5 Å². The molecular weight excluding hydrogens is 320 g/mol. The van der Waals surface area contributed by atoms with Crippen molar-refractivity contribution in [3.63, 3.8) is 0 Å². The van der Waals surface area contributed by atoms with Crippen molar-refractivity contribution in [1.29, 1.82) is 0 Å². The lowest BCUT2D eigenvalue weighted by Gasteiger charge is -2.14. The fourth-order valence-electron chi connectivity index (χ4n) is 2.28. The van der Waals surface area contributed by atoms with Gasteiger partial charge in [0.15, 0.2) is 5.96 Å². The van der Waals surface area contributed by atoms with E-state index in [1.165, 1.54) is 4.88 Å². The van der Waals surface area contributed by atoms with E-state index in [0.717, 1.165) is 40.9 Å². The minimum Gasteiger partial charge on any atom is -0.494 e. The molecule has 1 aromatic heterocycles. The zero-order valence-corrected chi connectivity index (χ0v) is 15.7. The van der Waals surface area contributed by atoms with Crippen LogP contribution in [0.3, 0.4) is 0 Å². The molecule has 0 aliphatic rings. The predicted molar refractivity (Wildman–Crippen MR) is 101 cm³/mol. The minimum absolute atomic E-state index is 0.663. The summed E-state index contributed by atoms with van der Waals surface area (Å²) in [5.41, 5.74) is 2.25. The van der Waals surface area contributed by atoms with E-state index in [1.807, 2.05) is 25.1 Å². The van der Waals surface area contributed by atoms with Gasteiger partial charge < -0.3 is 15.4 Å². The molecule has 0 bridgehead atoms. The van der Waals surface area contributed by atoms with Gasteiger partial charge in [0, 0.05) is 37.0 Å². The molecule has 2 aromatic rings. The number of nitrogens with one attached hydrogen (secondary N) is 2. The number of hydrogen-bond donors (Lipinski definition) is 2. The SMILES string of the molecule is CCOc1ccccc1CNC(=NC)NCCc1nc(C)c(C)s1. The van der Waals surface area contributed by atoms with E-state index in [0.29, 0.717) is 13.2 Å². The number of guanidine groups is 1. The van der Waals surface area contributed by atoms with Gasteiger partial charge in [-0.2, -0.15) is 0 Å². The summed E-state index contributed by atoms with van der Waals surface area (Å²) in [6.45, 7) is 8.30. The highest BCUT2D eigenvalue weighted by molar-refractivity contribution is 7.11. The largest absolute Gasteiger partial charge is 0.494 e. The van der Waals surface area contributed by atoms with Crippen LogP contribution < -0.4 is 15.4 Å². The van der Waals surface area contributed by atoms with Crippen LogP contribution in [0, 0.1) is 13.8 Å². The quantitative estimate of drug-likeness (QED) is 0.597. The number of nitrogens with zero attached hydrogens (tertiary/aromatic N) is 2. The second-order valence-corrected chi connectivity index (χ2v) is 6.68. The Labute approximate surface area is 148 Å². The molecule has 1 aromatic carbocycles. The molecule has 0 spiro atoms. The summed E-state index contributed by atoms with van der Waals surface area (Å²) >= 11 is 1.76. The number of thiazole rings is 1. The maximum absolute atomic E-state index is 5.65. The molecule has 1 heterocycles. The molecule has 0 unspecified atom stereocenters. The maximum atomic E-state index is 5.65. The highest BCUT2D eigenvalue weighted by Crippen LogP contribution is 2.18. The van der Waals surface area contributed by atoms with Gasteiger partial charge in [-0.1, -0.05) is 18.2 Å². The molecule has 0 aliphatic carbocycles. The molecular formula is C18H26N4OS. The van der Waals surface area contributed by atoms with Crippen molar-refractivity contribution < 1.29 is 4.74 Å². The van der Waals surface area contributed by atoms with Gasteiger partial charge in [0.25, 0.3) is 0 Å². The first-order valence-electron chi connectivity index (χ1n) is 8.22. The summed E-state index contributed by atoms with van der Waals surface area (Å²) in [6, 6.07) is 8.05. The molecule has 0 saturated heterocycles. The lowest BCUT2D eigenvalue weighted by atomic mass is 10.2. The van der Waals surface area contributed by atoms with Crippen molar-refractivity contribution in [2.45, 2.75) is 33.7 Å². The van der Waals surface area contributed by atoms with E-state index in [9.17, 15) is 0 Å². The van der Waals surface area contributed by atoms with Crippen molar-refractivity contribution in [2.75, 3.05) is 20.2 Å². The van der Waals surface area contributed by atoms with Crippen molar-refractivity contribution >= 4 is 17.3 Å². The Balaban J connectivity index is 1.82. The molecule has 0 saturated carbocycles. The normalized spacial score (nSPS) is 11.4. The number of aliphatic imine (C=N–C) groups is 1. The molecule has 0 radical (unpaired) electrons. The van der Waals surface area contributed by atoms with Crippen LogP contribution in [-0.2, 0) is 13.0 Å². The average molecular weight is 347 g/mol. The van der Waals surface area contributed by atoms with Crippen LogP contribution in [0.4, 0.5) is 0 Å². The predicted octanol–water partition coefficient (Wildman–Crippen LogP) is 3.07. The Morgan fingerprint density at radius 1 is 1.25 bits per heavy atom. The van der Waals surface area contributed by atoms with Gasteiger partial charge in [0.2, 0.25) is 0 Å². The van der Waals surface area contributed by atoms with Crippen molar-refractivity contribution in [3.05, 3.63) is 45.4 Å². The van der Waals surface area contributed by atoms with Crippen LogP contribution in [0.1, 0.15) is 28.1 Å². The third-order valence-corrected chi connectivity index (χ3v) is 4.78. The van der Waals surface area contributed by atoms with Gasteiger partial charge >= 0.3 is 0 Å². The zero-order chi connectivity index (χ0) is 17.4. The number of aryl methyl sites for hydroxylation is 2. The number of rotatable bonds is 7. The van der Waals surface area contributed by atoms with Gasteiger partial charge in [-0.25, -0.2) is 4.98 Å². The summed E-state index contributed by atoms with van der Waals surface area (Å²) in [5, 5.41) is 7.82. The summed E-state index contributed by atoms with van der Waals surface area (Å²) in [7, 11) is 1.78. The highest BCUT2D eigenvalue weighted by Gasteiger charge is 2.06. The average Bonchev–Trinajstić information content (AvgIpc) is 2.90. The number of benzene rings is 1. The van der Waals surface area contributed by atoms with Crippen LogP contribution in [0.15, 0.2) is 29.3 Å². The lowest BCUT2D eigenvalue weighted by Crippen LogP contribution is -2.37. The summed E-state index contributed by atoms with van der Waals surface area (Å²) < 4.78 is 5.65. The third-order valence-electron chi connectivity index (χ3n) is 3.65. The Hall–Kier alpha value is -2.08. The first-order valence-corrected chi connectivity index (χ1v) is 9.03. The van der Waals surface area contributed by atoms with Crippen LogP contribution in [0.25, 0.3) is 0 Å². The highest BCUT2D eigenvalue weighted by atomic mass is 32.1. The maximum Gasteiger partial charge on any atom is 0.191 e. The fraction of sp³-hybridized carbons (Fsp3) is 0.444. The first kappa shape index (κ1) is 18.3. The van der Waals surface area contributed by atoms with Gasteiger partial charge in [-0.05, 0) is 26.8 Å². The van der Waals surface area contributed by atoms with E-state index in [4.69, 9.17) is 4.74 Å². The van der Waals surface area contributed by atoms with Gasteiger partial charge in [0.05, 0.1) is 17.3 Å². The van der Waals surface area contributed by atoms with Crippen LogP contribution in [0.5, 0.6) is 5.75 Å². The first-order chi connectivity index (χ1) is 11.6. The standard InChI is InChI=1S/C18H26N4OS/c1-5-23-16-9-7-6-8-15(16)12-21-18(19-4)20-11-10-17-22-13(2)14(3)24-17/h6-9H,5,10-12H2,1-4H3,(H2,19,20,21). The topological polar surface area (TPSA) is 58.5 Å². The molecule has 5 nitrogen and oxygen atoms in total. The lowest BCUT2D eigenvalue weighted by molar-refractivity contribution is 0.336. The third kappa shape index (κ3) is 5.23. The molecule has 0 amide bonds. The summed E-state index contributed by atoms with van der Waals surface area (Å²) in [5.74, 6) is 1.70. The van der Waals surface area contributed by atoms with Gasteiger partial charge in [-0.3, -0.25) is 4.99 Å². The van der Waals surface area contributed by atoms with Crippen LogP contribution >= 0.6 is 11.3 Å². The molecule has 0 aliphatic heterocycles. The van der Waals surface area contributed by atoms with Gasteiger partial charge in [-0.15, -0.1) is 11.3 Å². The Kier molecular flexibility index (Phi) is 7.06. The summed E-state index contributed by atoms with van der Waals surface area (Å²) in [4.78, 5) is 10.1. The number of ether oxygens (including phenoxy) is 1. The Morgan fingerprint density at radius 3 is 2.71 bits per heavy atom. The Bertz CT molecular complexity index is 662. The summed E-state index contributed by atoms with van der Waals surface area (Å²) in [6.07, 6.45) is 0.898. The molecule has 130 valence electrons. The smallest absolute Gasteiger partial charge is 0.191 e. The monoisotopic (exact) mass is 346 g/mol. The minimum atomic E-state index is 0.663. The number of hydrogen-bond acceptors (Lipinski definition) is 4. The second kappa shape index (κ2) is 9.27. The molecule has 2 N–H and O–H groups in total. The van der Waals surface area contributed by atoms with Crippen LogP contribution in [0.2, 0.25) is 0 Å². The van der Waals surface area contributed by atoms with E-state index >= 15 is 0 Å². The van der Waals surface area contributed by atoms with Crippen molar-refractivity contribution in [1.82, 2.24) is 15.6 Å². The van der Waals surface area contributed by atoms with E-state index < -0.39 is 0 Å². The molecule has 2 rings (SSSR count). The zero-order valence-electron chi connectivity index (χ0n) is 14.8. The molecule has 0 fully saturated rings. The molecule has 24 heavy (non-hydrogen) atoms. The van der Waals surface area contributed by atoms with E-state index in [1.54, 1.807) is 18.4 Å². The fourth-order valence-corrected chi connectivity index (χ4v) is 3.21. The van der Waals surface area contributed by atoms with Crippen molar-refractivity contribution in [3.8, 4) is 5.75 Å². The molecule has 0 atom stereocenters. The molecule has 6 heteroatoms. The van der Waals surface area contributed by atoms with Gasteiger partial charge in [0.1, 0.15) is 5.75 Å². The van der Waals surface area contributed by atoms with Crippen LogP contribution in [-0.4, -0.2) is 31.1 Å². The Morgan fingerprint density at radius 2 is 2.04 bits per heavy atom. The number of para-hydroxylation sites is 1. The second-order valence-electron chi connectivity index (χ2n) is 5.39. The number of aromatic nitrogens is 1. The van der Waals surface area contributed by atoms with E-state index in [-0.39, 0.29) is 0 Å².